The Morgan fingerprint density at radius 1 is 1.00 bits per heavy atom. The lowest BCUT2D eigenvalue weighted by atomic mass is 10.2. The van der Waals surface area contributed by atoms with Gasteiger partial charge < -0.3 is 9.68 Å². The van der Waals surface area contributed by atoms with E-state index in [-0.39, 0.29) is 0 Å². The number of halogens is 1. The lowest BCUT2D eigenvalue weighted by Crippen LogP contribution is -2.03. The van der Waals surface area contributed by atoms with E-state index in [1.807, 2.05) is 50.2 Å². The minimum absolute atomic E-state index is 0.516. The van der Waals surface area contributed by atoms with Gasteiger partial charge in [0.15, 0.2) is 0 Å². The highest BCUT2D eigenvalue weighted by atomic mass is 79.9. The summed E-state index contributed by atoms with van der Waals surface area (Å²) in [5, 5.41) is 8.02. The number of aryl methyl sites for hydroxylation is 1. The second-order valence-electron chi connectivity index (χ2n) is 5.33. The molecule has 0 aliphatic heterocycles. The van der Waals surface area contributed by atoms with Gasteiger partial charge in [0.05, 0.1) is 11.4 Å². The van der Waals surface area contributed by atoms with Crippen molar-refractivity contribution in [1.29, 1.82) is 0 Å². The van der Waals surface area contributed by atoms with E-state index in [0.717, 1.165) is 45.9 Å². The van der Waals surface area contributed by atoms with Crippen LogP contribution < -0.4 is 0 Å². The molecule has 0 N–H and O–H groups in total. The first kappa shape index (κ1) is 19.1. The maximum absolute atomic E-state index is 5.39. The summed E-state index contributed by atoms with van der Waals surface area (Å²) in [6.07, 6.45) is 1.62. The highest BCUT2D eigenvalue weighted by Crippen LogP contribution is 2.08. The van der Waals surface area contributed by atoms with E-state index in [1.165, 1.54) is 7.11 Å². The Balaban J connectivity index is 1.82. The molecule has 0 bridgehead atoms. The van der Waals surface area contributed by atoms with Crippen LogP contribution in [0.3, 0.4) is 0 Å². The third-order valence-electron chi connectivity index (χ3n) is 3.36. The Morgan fingerprint density at radius 3 is 2.40 bits per heavy atom. The highest BCUT2D eigenvalue weighted by Gasteiger charge is 2.03. The molecule has 2 heterocycles. The minimum Gasteiger partial charge on any atom is -0.399 e. The second kappa shape index (κ2) is 9.88. The molecule has 0 fully saturated rings. The molecule has 0 saturated carbocycles. The van der Waals surface area contributed by atoms with Crippen molar-refractivity contribution in [2.24, 2.45) is 10.3 Å². The Labute approximate surface area is 156 Å². The van der Waals surface area contributed by atoms with Crippen LogP contribution in [0.15, 0.2) is 51.3 Å². The lowest BCUT2D eigenvalue weighted by Gasteiger charge is -2.05. The molecule has 0 spiro atoms. The topological polar surface area (TPSA) is 69.0 Å². The number of aromatic nitrogens is 2. The average Bonchev–Trinajstić information content (AvgIpc) is 2.61. The molecular formula is C18H21BrN4O2. The van der Waals surface area contributed by atoms with Gasteiger partial charge in [-0.1, -0.05) is 22.4 Å². The van der Waals surface area contributed by atoms with Crippen LogP contribution in [0.2, 0.25) is 0 Å². The molecule has 2 rings (SSSR count). The van der Waals surface area contributed by atoms with E-state index in [9.17, 15) is 0 Å². The fraction of sp³-hybridized carbons (Fsp3) is 0.333. The number of rotatable bonds is 8. The Bertz CT molecular complexity index is 762. The van der Waals surface area contributed by atoms with Gasteiger partial charge in [-0.2, -0.15) is 0 Å². The van der Waals surface area contributed by atoms with Crippen molar-refractivity contribution in [2.75, 3.05) is 13.7 Å². The summed E-state index contributed by atoms with van der Waals surface area (Å²) in [5.41, 5.74) is 4.09. The van der Waals surface area contributed by atoms with E-state index < -0.39 is 0 Å². The second-order valence-corrected chi connectivity index (χ2v) is 6.14. The Kier molecular flexibility index (Phi) is 7.53. The largest absolute Gasteiger partial charge is 0.399 e. The van der Waals surface area contributed by atoms with Crippen LogP contribution in [0, 0.1) is 0 Å². The number of pyridine rings is 2. The molecule has 7 heteroatoms. The van der Waals surface area contributed by atoms with Crippen LogP contribution in [0.25, 0.3) is 0 Å². The molecule has 0 saturated heterocycles. The molecule has 0 unspecified atom stereocenters. The van der Waals surface area contributed by atoms with Gasteiger partial charge in [0, 0.05) is 5.69 Å². The molecule has 2 aromatic heterocycles. The summed E-state index contributed by atoms with van der Waals surface area (Å²) in [7, 11) is 1.52. The SMILES string of the molecule is CON=C(C)c1cccc(CCCON=C(C)c2cccc(Br)n2)n1. The van der Waals surface area contributed by atoms with Gasteiger partial charge in [0.2, 0.25) is 0 Å². The van der Waals surface area contributed by atoms with Crippen molar-refractivity contribution >= 4 is 27.4 Å². The Morgan fingerprint density at radius 2 is 1.68 bits per heavy atom. The maximum Gasteiger partial charge on any atom is 0.117 e. The zero-order valence-electron chi connectivity index (χ0n) is 14.6. The third-order valence-corrected chi connectivity index (χ3v) is 3.80. The average molecular weight is 405 g/mol. The van der Waals surface area contributed by atoms with Crippen LogP contribution in [0.4, 0.5) is 0 Å². The van der Waals surface area contributed by atoms with Gasteiger partial charge in [-0.25, -0.2) is 4.98 Å². The van der Waals surface area contributed by atoms with Gasteiger partial charge >= 0.3 is 0 Å². The normalized spacial score (nSPS) is 12.2. The first-order chi connectivity index (χ1) is 12.1. The van der Waals surface area contributed by atoms with Crippen LogP contribution in [0.5, 0.6) is 0 Å². The molecule has 25 heavy (non-hydrogen) atoms. The predicted octanol–water partition coefficient (Wildman–Crippen LogP) is 3.98. The fourth-order valence-corrected chi connectivity index (χ4v) is 2.46. The van der Waals surface area contributed by atoms with Crippen molar-refractivity contribution in [2.45, 2.75) is 26.7 Å². The standard InChI is InChI=1S/C18H21BrN4O2/c1-13(22-24-3)16-9-4-7-15(20-16)8-6-12-25-23-14(2)17-10-5-11-18(19)21-17/h4-5,7,9-11H,6,8,12H2,1-3H3. The van der Waals surface area contributed by atoms with Crippen LogP contribution in [-0.4, -0.2) is 35.1 Å². The third kappa shape index (κ3) is 6.26. The summed E-state index contributed by atoms with van der Waals surface area (Å²) in [6, 6.07) is 11.6. The summed E-state index contributed by atoms with van der Waals surface area (Å²) < 4.78 is 0.776. The van der Waals surface area contributed by atoms with Gasteiger partial charge in [-0.05, 0) is 66.9 Å². The van der Waals surface area contributed by atoms with Crippen molar-refractivity contribution in [3.63, 3.8) is 0 Å². The molecule has 6 nitrogen and oxygen atoms in total. The molecule has 0 aliphatic rings. The quantitative estimate of drug-likeness (QED) is 0.288. The highest BCUT2D eigenvalue weighted by molar-refractivity contribution is 9.10. The monoisotopic (exact) mass is 404 g/mol. The summed E-state index contributed by atoms with van der Waals surface area (Å²) >= 11 is 3.34. The van der Waals surface area contributed by atoms with Crippen molar-refractivity contribution in [3.05, 3.63) is 58.1 Å². The van der Waals surface area contributed by atoms with Gasteiger partial charge in [0.1, 0.15) is 29.7 Å². The predicted molar refractivity (Wildman–Crippen MR) is 102 cm³/mol. The van der Waals surface area contributed by atoms with E-state index in [1.54, 1.807) is 0 Å². The maximum atomic E-state index is 5.39. The molecule has 132 valence electrons. The van der Waals surface area contributed by atoms with Crippen molar-refractivity contribution < 1.29 is 9.68 Å². The van der Waals surface area contributed by atoms with E-state index in [4.69, 9.17) is 9.68 Å². The van der Waals surface area contributed by atoms with Gasteiger partial charge in [0.25, 0.3) is 0 Å². The first-order valence-corrected chi connectivity index (χ1v) is 8.73. The van der Waals surface area contributed by atoms with Gasteiger partial charge in [-0.15, -0.1) is 0 Å². The lowest BCUT2D eigenvalue weighted by molar-refractivity contribution is 0.141. The molecule has 0 aromatic carbocycles. The molecule has 0 radical (unpaired) electrons. The molecule has 0 atom stereocenters. The van der Waals surface area contributed by atoms with E-state index in [2.05, 4.69) is 36.2 Å². The number of hydrogen-bond acceptors (Lipinski definition) is 6. The molecule has 2 aromatic rings. The summed E-state index contributed by atoms with van der Waals surface area (Å²) in [5.74, 6) is 0. The summed E-state index contributed by atoms with van der Waals surface area (Å²) in [6.45, 7) is 4.26. The molecule has 0 amide bonds. The smallest absolute Gasteiger partial charge is 0.117 e. The minimum atomic E-state index is 0.516. The van der Waals surface area contributed by atoms with Crippen LogP contribution in [0.1, 0.15) is 37.4 Å². The zero-order chi connectivity index (χ0) is 18.1. The van der Waals surface area contributed by atoms with Crippen molar-refractivity contribution in [3.8, 4) is 0 Å². The summed E-state index contributed by atoms with van der Waals surface area (Å²) in [4.78, 5) is 19.1. The fourth-order valence-electron chi connectivity index (χ4n) is 2.12. The first-order valence-electron chi connectivity index (χ1n) is 7.93. The van der Waals surface area contributed by atoms with E-state index in [0.29, 0.717) is 6.61 Å². The van der Waals surface area contributed by atoms with Crippen LogP contribution >= 0.6 is 15.9 Å². The van der Waals surface area contributed by atoms with Gasteiger partial charge in [-0.3, -0.25) is 4.98 Å². The molecule has 0 aliphatic carbocycles. The van der Waals surface area contributed by atoms with Crippen LogP contribution in [-0.2, 0) is 16.1 Å². The Hall–Kier alpha value is -2.28. The number of hydrogen-bond donors (Lipinski definition) is 0. The number of oxime groups is 2. The number of nitrogens with zero attached hydrogens (tertiary/aromatic N) is 4. The zero-order valence-corrected chi connectivity index (χ0v) is 16.2. The van der Waals surface area contributed by atoms with E-state index >= 15 is 0 Å². The van der Waals surface area contributed by atoms with Crippen molar-refractivity contribution in [1.82, 2.24) is 9.97 Å². The molecular weight excluding hydrogens is 384 g/mol.